The highest BCUT2D eigenvalue weighted by Gasteiger charge is 2.41. The molecule has 3 heteroatoms. The maximum absolute atomic E-state index is 6.11. The molecule has 3 nitrogen and oxygen atoms in total. The minimum Gasteiger partial charge on any atom is -0.381 e. The number of hydrogen-bond acceptors (Lipinski definition) is 3. The fourth-order valence-electron chi connectivity index (χ4n) is 4.52. The summed E-state index contributed by atoms with van der Waals surface area (Å²) in [7, 11) is 0. The first-order valence-corrected chi connectivity index (χ1v) is 7.93. The molecule has 1 saturated carbocycles. The normalized spacial score (nSPS) is 39.5. The number of nitrogens with zero attached hydrogens (tertiary/aromatic N) is 1. The lowest BCUT2D eigenvalue weighted by atomic mass is 9.84. The fourth-order valence-corrected chi connectivity index (χ4v) is 4.52. The Balaban J connectivity index is 1.67. The Bertz CT molecular complexity index is 265. The molecule has 0 spiro atoms. The van der Waals surface area contributed by atoms with Crippen LogP contribution < -0.4 is 5.73 Å². The third kappa shape index (κ3) is 2.45. The van der Waals surface area contributed by atoms with Crippen LogP contribution in [0.3, 0.4) is 0 Å². The summed E-state index contributed by atoms with van der Waals surface area (Å²) in [5, 5.41) is 0. The van der Waals surface area contributed by atoms with Crippen LogP contribution in [0.2, 0.25) is 0 Å². The van der Waals surface area contributed by atoms with E-state index in [9.17, 15) is 0 Å². The van der Waals surface area contributed by atoms with Crippen molar-refractivity contribution in [3.63, 3.8) is 0 Å². The number of likely N-dealkylation sites (tertiary alicyclic amines) is 1. The van der Waals surface area contributed by atoms with Gasteiger partial charge in [0.15, 0.2) is 0 Å². The quantitative estimate of drug-likeness (QED) is 0.835. The first kappa shape index (κ1) is 12.9. The van der Waals surface area contributed by atoms with Crippen LogP contribution in [0.5, 0.6) is 0 Å². The Morgan fingerprint density at radius 1 is 1.11 bits per heavy atom. The van der Waals surface area contributed by atoms with E-state index in [0.717, 1.165) is 31.7 Å². The van der Waals surface area contributed by atoms with Crippen LogP contribution in [0, 0.1) is 11.8 Å². The summed E-state index contributed by atoms with van der Waals surface area (Å²) in [4.78, 5) is 2.77. The van der Waals surface area contributed by atoms with Crippen molar-refractivity contribution in [1.29, 1.82) is 0 Å². The van der Waals surface area contributed by atoms with Gasteiger partial charge in [0.25, 0.3) is 0 Å². The fraction of sp³-hybridized carbons (Fsp3) is 1.00. The van der Waals surface area contributed by atoms with E-state index in [0.29, 0.717) is 12.0 Å². The van der Waals surface area contributed by atoms with Crippen molar-refractivity contribution >= 4 is 0 Å². The lowest BCUT2D eigenvalue weighted by Gasteiger charge is -2.41. The summed E-state index contributed by atoms with van der Waals surface area (Å²) in [5.41, 5.74) is 6.11. The van der Waals surface area contributed by atoms with Crippen LogP contribution in [0.15, 0.2) is 0 Å². The van der Waals surface area contributed by atoms with E-state index in [4.69, 9.17) is 10.5 Å². The van der Waals surface area contributed by atoms with E-state index < -0.39 is 0 Å². The third-order valence-corrected chi connectivity index (χ3v) is 5.46. The molecule has 2 heterocycles. The molecule has 3 fully saturated rings. The standard InChI is InChI=1S/C15H28N2O/c16-10-15(13-5-3-9-18-11-13)17-8-7-12-4-1-2-6-14(12)17/h12-15H,1-11,16H2. The van der Waals surface area contributed by atoms with Crippen molar-refractivity contribution in [2.75, 3.05) is 26.3 Å². The summed E-state index contributed by atoms with van der Waals surface area (Å²) in [5.74, 6) is 1.65. The molecule has 2 N–H and O–H groups in total. The first-order chi connectivity index (χ1) is 8.90. The SMILES string of the molecule is NCC(C1CCCOC1)N1CCC2CCCCC21. The predicted molar refractivity (Wildman–Crippen MR) is 73.5 cm³/mol. The van der Waals surface area contributed by atoms with Crippen LogP contribution in [0.1, 0.15) is 44.9 Å². The van der Waals surface area contributed by atoms with Crippen LogP contribution in [0.25, 0.3) is 0 Å². The van der Waals surface area contributed by atoms with Gasteiger partial charge in [0.1, 0.15) is 0 Å². The zero-order chi connectivity index (χ0) is 12.4. The van der Waals surface area contributed by atoms with Gasteiger partial charge in [-0.1, -0.05) is 12.8 Å². The van der Waals surface area contributed by atoms with Gasteiger partial charge in [-0.15, -0.1) is 0 Å². The maximum atomic E-state index is 6.11. The Morgan fingerprint density at radius 3 is 2.78 bits per heavy atom. The summed E-state index contributed by atoms with van der Waals surface area (Å²) >= 11 is 0. The molecule has 0 bridgehead atoms. The van der Waals surface area contributed by atoms with Gasteiger partial charge in [-0.2, -0.15) is 0 Å². The van der Waals surface area contributed by atoms with Gasteiger partial charge in [0.2, 0.25) is 0 Å². The lowest BCUT2D eigenvalue weighted by Crippen LogP contribution is -2.51. The monoisotopic (exact) mass is 252 g/mol. The Labute approximate surface area is 111 Å². The average Bonchev–Trinajstić information content (AvgIpc) is 2.85. The van der Waals surface area contributed by atoms with E-state index >= 15 is 0 Å². The highest BCUT2D eigenvalue weighted by Crippen LogP contribution is 2.38. The van der Waals surface area contributed by atoms with E-state index in [1.807, 2.05) is 0 Å². The smallest absolute Gasteiger partial charge is 0.0509 e. The molecule has 0 radical (unpaired) electrons. The molecule has 104 valence electrons. The van der Waals surface area contributed by atoms with Crippen molar-refractivity contribution in [3.8, 4) is 0 Å². The summed E-state index contributed by atoms with van der Waals surface area (Å²) in [6.07, 6.45) is 9.70. The predicted octanol–water partition coefficient (Wildman–Crippen LogP) is 2.00. The molecule has 2 saturated heterocycles. The van der Waals surface area contributed by atoms with Gasteiger partial charge in [-0.05, 0) is 50.5 Å². The highest BCUT2D eigenvalue weighted by atomic mass is 16.5. The molecule has 3 rings (SSSR count). The van der Waals surface area contributed by atoms with E-state index in [2.05, 4.69) is 4.90 Å². The lowest BCUT2D eigenvalue weighted by molar-refractivity contribution is 0.00200. The van der Waals surface area contributed by atoms with Gasteiger partial charge < -0.3 is 10.5 Å². The van der Waals surface area contributed by atoms with Crippen molar-refractivity contribution in [1.82, 2.24) is 4.90 Å². The highest BCUT2D eigenvalue weighted by molar-refractivity contribution is 4.95. The van der Waals surface area contributed by atoms with Gasteiger partial charge in [0.05, 0.1) is 6.61 Å². The molecule has 4 unspecified atom stereocenters. The van der Waals surface area contributed by atoms with E-state index in [1.54, 1.807) is 0 Å². The molecule has 2 aliphatic heterocycles. The number of ether oxygens (including phenoxy) is 1. The molecular weight excluding hydrogens is 224 g/mol. The van der Waals surface area contributed by atoms with Gasteiger partial charge >= 0.3 is 0 Å². The zero-order valence-electron chi connectivity index (χ0n) is 11.5. The van der Waals surface area contributed by atoms with Crippen LogP contribution in [-0.4, -0.2) is 43.3 Å². The average molecular weight is 252 g/mol. The van der Waals surface area contributed by atoms with Gasteiger partial charge in [-0.3, -0.25) is 4.90 Å². The van der Waals surface area contributed by atoms with Crippen molar-refractivity contribution in [3.05, 3.63) is 0 Å². The summed E-state index contributed by atoms with van der Waals surface area (Å²) < 4.78 is 5.68. The molecule has 0 aromatic carbocycles. The summed E-state index contributed by atoms with van der Waals surface area (Å²) in [6, 6.07) is 1.42. The summed E-state index contributed by atoms with van der Waals surface area (Å²) in [6.45, 7) is 4.00. The number of nitrogens with two attached hydrogens (primary N) is 1. The van der Waals surface area contributed by atoms with Gasteiger partial charge in [0, 0.05) is 25.2 Å². The van der Waals surface area contributed by atoms with Crippen molar-refractivity contribution in [2.45, 2.75) is 57.0 Å². The van der Waals surface area contributed by atoms with Crippen molar-refractivity contribution < 1.29 is 4.74 Å². The van der Waals surface area contributed by atoms with E-state index in [1.165, 1.54) is 51.5 Å². The topological polar surface area (TPSA) is 38.5 Å². The molecule has 18 heavy (non-hydrogen) atoms. The molecule has 3 aliphatic rings. The minimum absolute atomic E-state index is 0.582. The van der Waals surface area contributed by atoms with Gasteiger partial charge in [-0.25, -0.2) is 0 Å². The largest absolute Gasteiger partial charge is 0.381 e. The molecule has 0 aromatic rings. The van der Waals surface area contributed by atoms with Crippen LogP contribution >= 0.6 is 0 Å². The Hall–Kier alpha value is -0.120. The second kappa shape index (κ2) is 5.89. The zero-order valence-corrected chi connectivity index (χ0v) is 11.5. The molecule has 0 aromatic heterocycles. The second-order valence-electron chi connectivity index (χ2n) is 6.42. The maximum Gasteiger partial charge on any atom is 0.0509 e. The molecule has 0 amide bonds. The first-order valence-electron chi connectivity index (χ1n) is 7.93. The second-order valence-corrected chi connectivity index (χ2v) is 6.42. The number of hydrogen-bond donors (Lipinski definition) is 1. The Kier molecular flexibility index (Phi) is 4.22. The number of fused-ring (bicyclic) bond motifs is 1. The molecule has 4 atom stereocenters. The number of rotatable bonds is 3. The van der Waals surface area contributed by atoms with Crippen LogP contribution in [-0.2, 0) is 4.74 Å². The van der Waals surface area contributed by atoms with Crippen molar-refractivity contribution in [2.24, 2.45) is 17.6 Å². The van der Waals surface area contributed by atoms with E-state index in [-0.39, 0.29) is 0 Å². The molecule has 1 aliphatic carbocycles. The molecular formula is C15H28N2O. The third-order valence-electron chi connectivity index (χ3n) is 5.46. The minimum atomic E-state index is 0.582. The Morgan fingerprint density at radius 2 is 2.00 bits per heavy atom. The van der Waals surface area contributed by atoms with Crippen LogP contribution in [0.4, 0.5) is 0 Å².